The average Bonchev–Trinajstić information content (AvgIpc) is 2.82. The van der Waals surface area contributed by atoms with E-state index in [1.807, 2.05) is 0 Å². The highest BCUT2D eigenvalue weighted by atomic mass is 19.1. The minimum atomic E-state index is -0.577. The second-order valence-electron chi connectivity index (χ2n) is 5.08. The zero-order valence-corrected chi connectivity index (χ0v) is 12.0. The molecule has 112 valence electrons. The van der Waals surface area contributed by atoms with Crippen LogP contribution in [-0.4, -0.2) is 28.2 Å². The smallest absolute Gasteiger partial charge is 0.233 e. The molecule has 5 nitrogen and oxygen atoms in total. The maximum Gasteiger partial charge on any atom is 0.233 e. The van der Waals surface area contributed by atoms with E-state index in [1.54, 1.807) is 31.3 Å². The monoisotopic (exact) mass is 299 g/mol. The fraction of sp³-hybridized carbons (Fsp3) is 0.250. The number of fused-ring (bicyclic) bond motifs is 1. The van der Waals surface area contributed by atoms with Crippen molar-refractivity contribution in [1.82, 2.24) is 9.97 Å². The maximum atomic E-state index is 13.2. The van der Waals surface area contributed by atoms with Gasteiger partial charge < -0.3 is 4.90 Å². The molecule has 0 N–H and O–H groups in total. The molecule has 1 amide bonds. The number of amides is 1. The van der Waals surface area contributed by atoms with Gasteiger partial charge in [0.05, 0.1) is 30.0 Å². The first kappa shape index (κ1) is 14.3. The number of rotatable bonds is 4. The van der Waals surface area contributed by atoms with Gasteiger partial charge in [0.15, 0.2) is 5.78 Å². The fourth-order valence-corrected chi connectivity index (χ4v) is 2.40. The molecule has 0 bridgehead atoms. The van der Waals surface area contributed by atoms with E-state index in [-0.39, 0.29) is 24.7 Å². The van der Waals surface area contributed by atoms with Gasteiger partial charge in [0.2, 0.25) is 11.9 Å². The number of Topliss-reactive ketones (excluding diaryl/α,β-unsaturated/α-hetero) is 1. The molecule has 3 heterocycles. The molecule has 22 heavy (non-hydrogen) atoms. The Morgan fingerprint density at radius 1 is 1.41 bits per heavy atom. The molecular formula is C16H14FN3O2. The summed E-state index contributed by atoms with van der Waals surface area (Å²) >= 11 is 0. The van der Waals surface area contributed by atoms with Crippen molar-refractivity contribution in [1.29, 1.82) is 0 Å². The van der Waals surface area contributed by atoms with Crippen LogP contribution in [0.15, 0.2) is 30.5 Å². The lowest BCUT2D eigenvalue weighted by Crippen LogP contribution is -2.32. The van der Waals surface area contributed by atoms with Crippen LogP contribution in [0.25, 0.3) is 11.3 Å². The summed E-state index contributed by atoms with van der Waals surface area (Å²) in [5.41, 5.74) is 2.29. The molecule has 3 rings (SSSR count). The number of halogens is 1. The lowest BCUT2D eigenvalue weighted by Gasteiger charge is -2.16. The summed E-state index contributed by atoms with van der Waals surface area (Å²) in [7, 11) is 0. The fourth-order valence-electron chi connectivity index (χ4n) is 2.40. The number of carbonyl (C=O) groups excluding carboxylic acids is 2. The third-order valence-electron chi connectivity index (χ3n) is 3.60. The standard InChI is InChI=1S/C16H14FN3O2/c1-2-11(21)9-20-14-6-10(8-18-13(14)7-16(20)22)12-4-3-5-15(17)19-12/h3-6,8H,2,7,9H2,1H3. The van der Waals surface area contributed by atoms with Gasteiger partial charge in [-0.05, 0) is 18.2 Å². The van der Waals surface area contributed by atoms with Gasteiger partial charge >= 0.3 is 0 Å². The Kier molecular flexibility index (Phi) is 3.66. The van der Waals surface area contributed by atoms with Gasteiger partial charge in [0.25, 0.3) is 0 Å². The summed E-state index contributed by atoms with van der Waals surface area (Å²) in [5, 5.41) is 0. The van der Waals surface area contributed by atoms with E-state index in [1.165, 1.54) is 11.0 Å². The van der Waals surface area contributed by atoms with Gasteiger partial charge in [-0.3, -0.25) is 14.6 Å². The van der Waals surface area contributed by atoms with Crippen molar-refractivity contribution in [2.75, 3.05) is 11.4 Å². The quantitative estimate of drug-likeness (QED) is 0.812. The van der Waals surface area contributed by atoms with Crippen LogP contribution in [0.2, 0.25) is 0 Å². The normalized spacial score (nSPS) is 13.4. The molecule has 1 aliphatic heterocycles. The number of hydrogen-bond acceptors (Lipinski definition) is 4. The number of nitrogens with zero attached hydrogens (tertiary/aromatic N) is 3. The van der Waals surface area contributed by atoms with Crippen molar-refractivity contribution in [2.45, 2.75) is 19.8 Å². The van der Waals surface area contributed by atoms with Crippen LogP contribution in [0.5, 0.6) is 0 Å². The van der Waals surface area contributed by atoms with Crippen LogP contribution in [0, 0.1) is 5.95 Å². The first-order valence-electron chi connectivity index (χ1n) is 7.02. The summed E-state index contributed by atoms with van der Waals surface area (Å²) in [6, 6.07) is 6.23. The molecule has 0 atom stereocenters. The first-order valence-corrected chi connectivity index (χ1v) is 7.02. The van der Waals surface area contributed by atoms with Gasteiger partial charge in [-0.2, -0.15) is 4.39 Å². The summed E-state index contributed by atoms with van der Waals surface area (Å²) in [4.78, 5) is 33.2. The Bertz CT molecular complexity index is 761. The highest BCUT2D eigenvalue weighted by Crippen LogP contribution is 2.31. The Morgan fingerprint density at radius 2 is 2.23 bits per heavy atom. The summed E-state index contributed by atoms with van der Waals surface area (Å²) in [5.74, 6) is -0.740. The Balaban J connectivity index is 1.99. The number of ketones is 1. The predicted molar refractivity (Wildman–Crippen MR) is 78.8 cm³/mol. The number of carbonyl (C=O) groups is 2. The van der Waals surface area contributed by atoms with E-state index in [0.29, 0.717) is 29.1 Å². The molecule has 0 unspecified atom stereocenters. The second-order valence-corrected chi connectivity index (χ2v) is 5.08. The van der Waals surface area contributed by atoms with Crippen molar-refractivity contribution in [3.8, 4) is 11.3 Å². The SMILES string of the molecule is CCC(=O)CN1C(=O)Cc2ncc(-c3cccc(F)n3)cc21. The molecule has 0 saturated carbocycles. The molecule has 0 radical (unpaired) electrons. The van der Waals surface area contributed by atoms with Crippen LogP contribution >= 0.6 is 0 Å². The minimum Gasteiger partial charge on any atom is -0.303 e. The van der Waals surface area contributed by atoms with Crippen LogP contribution in [-0.2, 0) is 16.0 Å². The number of aromatic nitrogens is 2. The van der Waals surface area contributed by atoms with Crippen molar-refractivity contribution in [2.24, 2.45) is 0 Å². The van der Waals surface area contributed by atoms with E-state index < -0.39 is 5.95 Å². The van der Waals surface area contributed by atoms with Crippen LogP contribution in [0.4, 0.5) is 10.1 Å². The van der Waals surface area contributed by atoms with E-state index in [2.05, 4.69) is 9.97 Å². The highest BCUT2D eigenvalue weighted by molar-refractivity contribution is 6.05. The van der Waals surface area contributed by atoms with Gasteiger partial charge in [0.1, 0.15) is 0 Å². The molecule has 1 aliphatic rings. The van der Waals surface area contributed by atoms with Gasteiger partial charge in [0, 0.05) is 18.2 Å². The predicted octanol–water partition coefficient (Wildman–Crippen LogP) is 2.15. The Labute approximate surface area is 126 Å². The second kappa shape index (κ2) is 5.63. The average molecular weight is 299 g/mol. The summed E-state index contributed by atoms with van der Waals surface area (Å²) in [6.45, 7) is 1.80. The first-order chi connectivity index (χ1) is 10.6. The molecule has 0 aliphatic carbocycles. The van der Waals surface area contributed by atoms with Crippen molar-refractivity contribution in [3.63, 3.8) is 0 Å². The lowest BCUT2D eigenvalue weighted by atomic mass is 10.1. The number of anilines is 1. The summed E-state index contributed by atoms with van der Waals surface area (Å²) < 4.78 is 13.2. The van der Waals surface area contributed by atoms with Crippen molar-refractivity contribution in [3.05, 3.63) is 42.1 Å². The number of pyridine rings is 2. The molecule has 2 aromatic heterocycles. The molecule has 0 fully saturated rings. The zero-order chi connectivity index (χ0) is 15.7. The molecule has 2 aromatic rings. The van der Waals surface area contributed by atoms with Crippen molar-refractivity contribution >= 4 is 17.4 Å². The lowest BCUT2D eigenvalue weighted by molar-refractivity contribution is -0.121. The van der Waals surface area contributed by atoms with Gasteiger partial charge in [-0.25, -0.2) is 4.98 Å². The zero-order valence-electron chi connectivity index (χ0n) is 12.0. The molecule has 0 saturated heterocycles. The largest absolute Gasteiger partial charge is 0.303 e. The minimum absolute atomic E-state index is 0.0181. The van der Waals surface area contributed by atoms with Crippen LogP contribution in [0.1, 0.15) is 19.0 Å². The molecule has 0 spiro atoms. The van der Waals surface area contributed by atoms with E-state index in [9.17, 15) is 14.0 Å². The maximum absolute atomic E-state index is 13.2. The topological polar surface area (TPSA) is 63.2 Å². The third kappa shape index (κ3) is 2.59. The third-order valence-corrected chi connectivity index (χ3v) is 3.60. The summed E-state index contributed by atoms with van der Waals surface area (Å²) in [6.07, 6.45) is 2.12. The van der Waals surface area contributed by atoms with Crippen LogP contribution in [0.3, 0.4) is 0 Å². The van der Waals surface area contributed by atoms with Gasteiger partial charge in [-0.1, -0.05) is 13.0 Å². The van der Waals surface area contributed by atoms with E-state index in [0.717, 1.165) is 0 Å². The van der Waals surface area contributed by atoms with E-state index in [4.69, 9.17) is 0 Å². The van der Waals surface area contributed by atoms with E-state index >= 15 is 0 Å². The molecule has 0 aromatic carbocycles. The number of hydrogen-bond donors (Lipinski definition) is 0. The van der Waals surface area contributed by atoms with Crippen molar-refractivity contribution < 1.29 is 14.0 Å². The molecule has 6 heteroatoms. The Morgan fingerprint density at radius 3 is 2.95 bits per heavy atom. The Hall–Kier alpha value is -2.63. The van der Waals surface area contributed by atoms with Gasteiger partial charge in [-0.15, -0.1) is 0 Å². The molecular weight excluding hydrogens is 285 g/mol. The van der Waals surface area contributed by atoms with Crippen LogP contribution < -0.4 is 4.90 Å². The highest BCUT2D eigenvalue weighted by Gasteiger charge is 2.30.